The van der Waals surface area contributed by atoms with E-state index in [1.54, 1.807) is 60.7 Å². The van der Waals surface area contributed by atoms with E-state index in [-0.39, 0.29) is 5.69 Å². The molecule has 0 saturated carbocycles. The number of para-hydroxylation sites is 1. The maximum atomic E-state index is 13.5. The first-order valence-corrected chi connectivity index (χ1v) is 10.2. The molecule has 2 aliphatic heterocycles. The summed E-state index contributed by atoms with van der Waals surface area (Å²) in [6.45, 7) is 0. The molecule has 2 heterocycles. The van der Waals surface area contributed by atoms with Crippen LogP contribution in [0.25, 0.3) is 0 Å². The molecule has 2 amide bonds. The number of non-ortho nitro benzene ring substituents is 1. The predicted octanol–water partition coefficient (Wildman–Crippen LogP) is 4.30. The van der Waals surface area contributed by atoms with Crippen molar-refractivity contribution in [3.63, 3.8) is 0 Å². The number of rotatable bonds is 4. The number of carbonyl (C=O) groups is 2. The van der Waals surface area contributed by atoms with Gasteiger partial charge in [0.2, 0.25) is 5.91 Å². The molecule has 9 heteroatoms. The van der Waals surface area contributed by atoms with Crippen LogP contribution in [-0.4, -0.2) is 22.8 Å². The number of halogens is 1. The summed E-state index contributed by atoms with van der Waals surface area (Å²) in [7, 11) is 0. The molecular formula is C23H16ClN3O5. The van der Waals surface area contributed by atoms with Crippen LogP contribution in [0.1, 0.15) is 11.6 Å². The van der Waals surface area contributed by atoms with Crippen molar-refractivity contribution in [1.82, 2.24) is 0 Å². The average molecular weight is 450 g/mol. The van der Waals surface area contributed by atoms with Crippen LogP contribution in [0.3, 0.4) is 0 Å². The van der Waals surface area contributed by atoms with E-state index >= 15 is 0 Å². The van der Waals surface area contributed by atoms with Crippen LogP contribution in [0.5, 0.6) is 0 Å². The fourth-order valence-corrected chi connectivity index (χ4v) is 4.49. The number of hydrogen-bond donors (Lipinski definition) is 0. The zero-order valence-corrected chi connectivity index (χ0v) is 17.3. The minimum absolute atomic E-state index is 0.135. The van der Waals surface area contributed by atoms with Crippen molar-refractivity contribution in [2.75, 3.05) is 9.96 Å². The molecule has 2 aliphatic rings. The van der Waals surface area contributed by atoms with Gasteiger partial charge in [0.15, 0.2) is 6.10 Å². The molecule has 5 rings (SSSR count). The van der Waals surface area contributed by atoms with Gasteiger partial charge in [-0.3, -0.25) is 24.5 Å². The fourth-order valence-electron chi connectivity index (χ4n) is 4.24. The second-order valence-corrected chi connectivity index (χ2v) is 7.88. The lowest BCUT2D eigenvalue weighted by molar-refractivity contribution is -0.384. The lowest BCUT2D eigenvalue weighted by Crippen LogP contribution is -2.37. The first-order valence-electron chi connectivity index (χ1n) is 9.85. The Morgan fingerprint density at radius 1 is 0.875 bits per heavy atom. The van der Waals surface area contributed by atoms with Crippen LogP contribution in [0, 0.1) is 16.0 Å². The van der Waals surface area contributed by atoms with Gasteiger partial charge in [0.1, 0.15) is 5.92 Å². The van der Waals surface area contributed by atoms with Crippen LogP contribution in [-0.2, 0) is 14.4 Å². The zero-order valence-electron chi connectivity index (χ0n) is 16.5. The lowest BCUT2D eigenvalue weighted by atomic mass is 9.90. The van der Waals surface area contributed by atoms with Gasteiger partial charge >= 0.3 is 0 Å². The average Bonchev–Trinajstić information content (AvgIpc) is 3.31. The quantitative estimate of drug-likeness (QED) is 0.335. The van der Waals surface area contributed by atoms with E-state index in [0.717, 1.165) is 4.90 Å². The van der Waals surface area contributed by atoms with E-state index in [1.807, 2.05) is 0 Å². The molecule has 3 unspecified atom stereocenters. The van der Waals surface area contributed by atoms with Gasteiger partial charge in [-0.25, -0.2) is 9.96 Å². The number of hydrogen-bond acceptors (Lipinski definition) is 6. The summed E-state index contributed by atoms with van der Waals surface area (Å²) in [4.78, 5) is 44.6. The summed E-state index contributed by atoms with van der Waals surface area (Å²) in [5, 5.41) is 13.1. The molecule has 3 aromatic carbocycles. The molecule has 0 aliphatic carbocycles. The van der Waals surface area contributed by atoms with Crippen LogP contribution in [0.4, 0.5) is 17.1 Å². The molecular weight excluding hydrogens is 434 g/mol. The largest absolute Gasteiger partial charge is 0.273 e. The lowest BCUT2D eigenvalue weighted by Gasteiger charge is -2.29. The van der Waals surface area contributed by atoms with Gasteiger partial charge < -0.3 is 0 Å². The normalized spacial score (nSPS) is 22.3. The summed E-state index contributed by atoms with van der Waals surface area (Å²) < 4.78 is 0. The monoisotopic (exact) mass is 449 g/mol. The molecule has 0 bridgehead atoms. The molecule has 32 heavy (non-hydrogen) atoms. The standard InChI is InChI=1S/C23H16ClN3O5/c24-18-12-5-4-11-17(18)20-19-21(23(29)25(22(19)28)14-7-2-1-3-8-14)32-26(20)15-9-6-10-16(13-15)27(30)31/h1-13,19-21H. The van der Waals surface area contributed by atoms with E-state index in [0.29, 0.717) is 22.0 Å². The maximum Gasteiger partial charge on any atom is 0.271 e. The number of imide groups is 1. The van der Waals surface area contributed by atoms with Gasteiger partial charge in [-0.15, -0.1) is 0 Å². The Hall–Kier alpha value is -3.75. The third-order valence-corrected chi connectivity index (χ3v) is 5.99. The van der Waals surface area contributed by atoms with Gasteiger partial charge in [-0.05, 0) is 29.8 Å². The van der Waals surface area contributed by atoms with E-state index in [2.05, 4.69) is 0 Å². The van der Waals surface area contributed by atoms with Gasteiger partial charge in [0.05, 0.1) is 22.3 Å². The van der Waals surface area contributed by atoms with Crippen LogP contribution in [0.15, 0.2) is 78.9 Å². The molecule has 2 fully saturated rings. The number of amides is 2. The van der Waals surface area contributed by atoms with E-state index in [4.69, 9.17) is 16.4 Å². The Morgan fingerprint density at radius 2 is 1.56 bits per heavy atom. The highest BCUT2D eigenvalue weighted by atomic mass is 35.5. The fraction of sp³-hybridized carbons (Fsp3) is 0.130. The molecule has 8 nitrogen and oxygen atoms in total. The smallest absolute Gasteiger partial charge is 0.271 e. The van der Waals surface area contributed by atoms with Crippen molar-refractivity contribution in [3.05, 3.63) is 99.6 Å². The van der Waals surface area contributed by atoms with Crippen LogP contribution in [0.2, 0.25) is 5.02 Å². The van der Waals surface area contributed by atoms with Gasteiger partial charge in [0.25, 0.3) is 11.6 Å². The molecule has 2 saturated heterocycles. The molecule has 0 N–H and O–H groups in total. The summed E-state index contributed by atoms with van der Waals surface area (Å²) in [6, 6.07) is 20.7. The predicted molar refractivity (Wildman–Crippen MR) is 117 cm³/mol. The zero-order chi connectivity index (χ0) is 22.4. The van der Waals surface area contributed by atoms with Gasteiger partial charge in [0, 0.05) is 17.2 Å². The Labute approximate surface area is 187 Å². The Bertz CT molecular complexity index is 1240. The highest BCUT2D eigenvalue weighted by Crippen LogP contribution is 2.49. The first kappa shape index (κ1) is 20.2. The number of nitro groups is 1. The van der Waals surface area contributed by atoms with Crippen molar-refractivity contribution in [3.8, 4) is 0 Å². The van der Waals surface area contributed by atoms with Crippen LogP contribution < -0.4 is 9.96 Å². The van der Waals surface area contributed by atoms with Crippen LogP contribution >= 0.6 is 11.6 Å². The number of nitro benzene ring substituents is 1. The maximum absolute atomic E-state index is 13.5. The molecule has 0 radical (unpaired) electrons. The third-order valence-electron chi connectivity index (χ3n) is 5.65. The van der Waals surface area contributed by atoms with Gasteiger partial charge in [-0.1, -0.05) is 54.1 Å². The summed E-state index contributed by atoms with van der Waals surface area (Å²) in [6.07, 6.45) is -1.08. The Morgan fingerprint density at radius 3 is 2.28 bits per heavy atom. The number of hydroxylamine groups is 1. The summed E-state index contributed by atoms with van der Waals surface area (Å²) >= 11 is 6.47. The third kappa shape index (κ3) is 3.12. The number of nitrogens with zero attached hydrogens (tertiary/aromatic N) is 3. The van der Waals surface area contributed by atoms with Crippen molar-refractivity contribution < 1.29 is 19.3 Å². The minimum atomic E-state index is -1.08. The highest BCUT2D eigenvalue weighted by Gasteiger charge is 2.60. The number of anilines is 2. The molecule has 0 aromatic heterocycles. The first-order chi connectivity index (χ1) is 15.5. The van der Waals surface area contributed by atoms with E-state index in [9.17, 15) is 19.7 Å². The Kier molecular flexibility index (Phi) is 4.88. The van der Waals surface area contributed by atoms with E-state index in [1.165, 1.54) is 23.3 Å². The molecule has 160 valence electrons. The number of fused-ring (bicyclic) bond motifs is 1. The highest BCUT2D eigenvalue weighted by molar-refractivity contribution is 6.31. The number of benzene rings is 3. The van der Waals surface area contributed by atoms with Crippen molar-refractivity contribution in [2.45, 2.75) is 12.1 Å². The SMILES string of the molecule is O=C1C2ON(c3cccc([N+](=O)[O-])c3)C(c3ccccc3Cl)C2C(=O)N1c1ccccc1. The van der Waals surface area contributed by atoms with Crippen molar-refractivity contribution >= 4 is 40.5 Å². The number of carbonyl (C=O) groups excluding carboxylic acids is 2. The molecule has 0 spiro atoms. The second kappa shape index (κ2) is 7.74. The second-order valence-electron chi connectivity index (χ2n) is 7.47. The van der Waals surface area contributed by atoms with Crippen molar-refractivity contribution in [2.24, 2.45) is 5.92 Å². The minimum Gasteiger partial charge on any atom is -0.273 e. The Balaban J connectivity index is 1.62. The summed E-state index contributed by atoms with van der Waals surface area (Å²) in [5.74, 6) is -1.78. The summed E-state index contributed by atoms with van der Waals surface area (Å²) in [5.41, 5.74) is 1.26. The van der Waals surface area contributed by atoms with Gasteiger partial charge in [-0.2, -0.15) is 0 Å². The van der Waals surface area contributed by atoms with Crippen molar-refractivity contribution in [1.29, 1.82) is 0 Å². The molecule has 3 atom stereocenters. The van der Waals surface area contributed by atoms with E-state index < -0.39 is 34.8 Å². The topological polar surface area (TPSA) is 93.0 Å². The molecule has 3 aromatic rings.